The molecule has 0 fully saturated rings. The van der Waals surface area contributed by atoms with E-state index in [1.165, 1.54) is 89.8 Å². The summed E-state index contributed by atoms with van der Waals surface area (Å²) >= 11 is 3.82. The highest BCUT2D eigenvalue weighted by Gasteiger charge is 2.21. The molecule has 53 heavy (non-hydrogen) atoms. The molecule has 0 aliphatic heterocycles. The molecule has 248 valence electrons. The zero-order valence-electron chi connectivity index (χ0n) is 28.7. The summed E-state index contributed by atoms with van der Waals surface area (Å²) < 4.78 is 5.32. The number of hydrogen-bond donors (Lipinski definition) is 0. The summed E-state index contributed by atoms with van der Waals surface area (Å²) in [6.07, 6.45) is 0. The Bertz CT molecular complexity index is 3150. The van der Waals surface area contributed by atoms with Gasteiger partial charge in [-0.1, -0.05) is 140 Å². The van der Waals surface area contributed by atoms with Crippen molar-refractivity contribution in [3.63, 3.8) is 0 Å². The topological polar surface area (TPSA) is 3.24 Å². The second-order valence-corrected chi connectivity index (χ2v) is 15.8. The van der Waals surface area contributed by atoms with Crippen molar-refractivity contribution in [2.75, 3.05) is 4.90 Å². The van der Waals surface area contributed by atoms with Crippen LogP contribution < -0.4 is 4.90 Å². The summed E-state index contributed by atoms with van der Waals surface area (Å²) in [6.45, 7) is 0. The second-order valence-electron chi connectivity index (χ2n) is 13.7. The van der Waals surface area contributed by atoms with E-state index < -0.39 is 0 Å². The SMILES string of the molecule is c1ccc(-c2ccc(N(c3ccc(-c4ccc5ccccc5c4)cc3)c3cccc4c3sc3ccc5sc6c7ccccc7ccc6c5c34)cc2)cc1. The second kappa shape index (κ2) is 12.2. The Labute approximate surface area is 315 Å². The van der Waals surface area contributed by atoms with Crippen LogP contribution in [0.5, 0.6) is 0 Å². The van der Waals surface area contributed by atoms with Crippen LogP contribution in [0.25, 0.3) is 84.1 Å². The molecule has 3 heteroatoms. The van der Waals surface area contributed by atoms with Gasteiger partial charge < -0.3 is 4.90 Å². The minimum atomic E-state index is 1.13. The summed E-state index contributed by atoms with van der Waals surface area (Å²) in [5, 5.41) is 10.5. The fourth-order valence-electron chi connectivity index (χ4n) is 8.08. The van der Waals surface area contributed by atoms with Crippen molar-refractivity contribution in [3.8, 4) is 22.3 Å². The Morgan fingerprint density at radius 3 is 1.58 bits per heavy atom. The maximum absolute atomic E-state index is 2.44. The van der Waals surface area contributed by atoms with E-state index in [1.54, 1.807) is 0 Å². The molecule has 0 bridgehead atoms. The van der Waals surface area contributed by atoms with E-state index in [1.807, 2.05) is 22.7 Å². The van der Waals surface area contributed by atoms with Gasteiger partial charge in [0.15, 0.2) is 0 Å². The smallest absolute Gasteiger partial charge is 0.0640 e. The maximum Gasteiger partial charge on any atom is 0.0640 e. The number of thiophene rings is 2. The van der Waals surface area contributed by atoms with Gasteiger partial charge in [-0.25, -0.2) is 0 Å². The van der Waals surface area contributed by atoms with Crippen molar-refractivity contribution in [2.45, 2.75) is 0 Å². The third kappa shape index (κ3) is 4.97. The molecule has 2 heterocycles. The molecule has 9 aromatic carbocycles. The van der Waals surface area contributed by atoms with Crippen molar-refractivity contribution in [1.82, 2.24) is 0 Å². The highest BCUT2D eigenvalue weighted by atomic mass is 32.1. The van der Waals surface area contributed by atoms with E-state index >= 15 is 0 Å². The van der Waals surface area contributed by atoms with Crippen LogP contribution in [0.2, 0.25) is 0 Å². The number of fused-ring (bicyclic) bond motifs is 10. The molecule has 11 rings (SSSR count). The van der Waals surface area contributed by atoms with Gasteiger partial charge in [-0.15, -0.1) is 22.7 Å². The van der Waals surface area contributed by atoms with Crippen LogP contribution in [0.1, 0.15) is 0 Å². The first kappa shape index (κ1) is 30.4. The van der Waals surface area contributed by atoms with Gasteiger partial charge in [0, 0.05) is 47.0 Å². The van der Waals surface area contributed by atoms with E-state index in [9.17, 15) is 0 Å². The number of hydrogen-bond acceptors (Lipinski definition) is 3. The number of anilines is 3. The van der Waals surface area contributed by atoms with Crippen LogP contribution in [0.15, 0.2) is 188 Å². The highest BCUT2D eigenvalue weighted by molar-refractivity contribution is 7.28. The molecule has 0 saturated heterocycles. The Balaban J connectivity index is 1.10. The zero-order chi connectivity index (χ0) is 34.9. The molecular formula is C50H31NS2. The van der Waals surface area contributed by atoms with Gasteiger partial charge in [-0.05, 0) is 92.3 Å². The normalized spacial score (nSPS) is 11.8. The average molecular weight is 710 g/mol. The van der Waals surface area contributed by atoms with Crippen LogP contribution in [0.4, 0.5) is 17.1 Å². The maximum atomic E-state index is 2.44. The van der Waals surface area contributed by atoms with E-state index in [0.717, 1.165) is 11.4 Å². The van der Waals surface area contributed by atoms with E-state index in [4.69, 9.17) is 0 Å². The fraction of sp³-hybridized carbons (Fsp3) is 0. The lowest BCUT2D eigenvalue weighted by Gasteiger charge is -2.26. The summed E-state index contributed by atoms with van der Waals surface area (Å²) in [7, 11) is 0. The largest absolute Gasteiger partial charge is 0.309 e. The molecular weight excluding hydrogens is 679 g/mol. The van der Waals surface area contributed by atoms with Crippen molar-refractivity contribution in [1.29, 1.82) is 0 Å². The van der Waals surface area contributed by atoms with Crippen LogP contribution in [0.3, 0.4) is 0 Å². The molecule has 2 aromatic heterocycles. The van der Waals surface area contributed by atoms with Gasteiger partial charge in [-0.3, -0.25) is 0 Å². The van der Waals surface area contributed by atoms with Crippen molar-refractivity contribution < 1.29 is 0 Å². The van der Waals surface area contributed by atoms with Crippen LogP contribution in [-0.2, 0) is 0 Å². The molecule has 0 spiro atoms. The minimum absolute atomic E-state index is 1.13. The zero-order valence-corrected chi connectivity index (χ0v) is 30.3. The number of benzene rings is 9. The molecule has 1 nitrogen and oxygen atoms in total. The summed E-state index contributed by atoms with van der Waals surface area (Å²) in [5.74, 6) is 0. The minimum Gasteiger partial charge on any atom is -0.309 e. The number of rotatable bonds is 5. The first-order valence-electron chi connectivity index (χ1n) is 18.0. The van der Waals surface area contributed by atoms with Gasteiger partial charge in [0.2, 0.25) is 0 Å². The lowest BCUT2D eigenvalue weighted by Crippen LogP contribution is -2.10. The first-order chi connectivity index (χ1) is 26.3. The Hall–Kier alpha value is -6.26. The van der Waals surface area contributed by atoms with Crippen LogP contribution in [0, 0.1) is 0 Å². The third-order valence-electron chi connectivity index (χ3n) is 10.6. The predicted octanol–water partition coefficient (Wildman–Crippen LogP) is 15.5. The van der Waals surface area contributed by atoms with Gasteiger partial charge in [0.25, 0.3) is 0 Å². The quantitative estimate of drug-likeness (QED) is 0.172. The monoisotopic (exact) mass is 709 g/mol. The van der Waals surface area contributed by atoms with E-state index in [2.05, 4.69) is 193 Å². The Kier molecular flexibility index (Phi) is 6.97. The molecule has 0 atom stereocenters. The molecule has 0 aliphatic rings. The molecule has 0 aliphatic carbocycles. The molecule has 11 aromatic rings. The highest BCUT2D eigenvalue weighted by Crippen LogP contribution is 2.50. The first-order valence-corrected chi connectivity index (χ1v) is 19.6. The summed E-state index contributed by atoms with van der Waals surface area (Å²) in [4.78, 5) is 2.44. The lowest BCUT2D eigenvalue weighted by molar-refractivity contribution is 1.30. The van der Waals surface area contributed by atoms with E-state index in [-0.39, 0.29) is 0 Å². The Morgan fingerprint density at radius 1 is 0.321 bits per heavy atom. The van der Waals surface area contributed by atoms with Crippen molar-refractivity contribution in [3.05, 3.63) is 188 Å². The molecule has 0 unspecified atom stereocenters. The molecule has 0 amide bonds. The summed E-state index contributed by atoms with van der Waals surface area (Å²) in [5.41, 5.74) is 8.30. The van der Waals surface area contributed by atoms with Gasteiger partial charge in [0.1, 0.15) is 0 Å². The predicted molar refractivity (Wildman–Crippen MR) is 233 cm³/mol. The lowest BCUT2D eigenvalue weighted by atomic mass is 10.0. The van der Waals surface area contributed by atoms with E-state index in [0.29, 0.717) is 0 Å². The molecule has 0 radical (unpaired) electrons. The molecule has 0 N–H and O–H groups in total. The van der Waals surface area contributed by atoms with Crippen molar-refractivity contribution >= 4 is 102 Å². The van der Waals surface area contributed by atoms with Crippen LogP contribution >= 0.6 is 22.7 Å². The fourth-order valence-corrected chi connectivity index (χ4v) is 10.5. The Morgan fingerprint density at radius 2 is 0.849 bits per heavy atom. The van der Waals surface area contributed by atoms with Crippen LogP contribution in [-0.4, -0.2) is 0 Å². The van der Waals surface area contributed by atoms with Gasteiger partial charge >= 0.3 is 0 Å². The van der Waals surface area contributed by atoms with Crippen molar-refractivity contribution in [2.24, 2.45) is 0 Å². The van der Waals surface area contributed by atoms with Gasteiger partial charge in [0.05, 0.1) is 10.4 Å². The standard InChI is InChI=1S/C50H31NS2/c1-2-9-32(10-3-1)34-19-24-39(25-20-34)51(40-26-21-35(22-27-40)38-18-17-33-11-4-5-13-37(33)31-38)44-16-8-15-42-47-46(53-50(42)44)30-29-45-48(47)43-28-23-36-12-6-7-14-41(36)49(43)52-45/h1-31H. The average Bonchev–Trinajstić information content (AvgIpc) is 3.81. The third-order valence-corrected chi connectivity index (χ3v) is 13.0. The van der Waals surface area contributed by atoms with Gasteiger partial charge in [-0.2, -0.15) is 0 Å². The molecule has 0 saturated carbocycles. The summed E-state index contributed by atoms with van der Waals surface area (Å²) in [6, 6.07) is 68.9. The number of nitrogens with zero attached hydrogens (tertiary/aromatic N) is 1.